The smallest absolute Gasteiger partial charge is 0.126 e. The molecule has 1 aliphatic carbocycles. The highest BCUT2D eigenvalue weighted by molar-refractivity contribution is 9.25. The van der Waals surface area contributed by atoms with Crippen LogP contribution >= 0.6 is 47.8 Å². The molecule has 2 rings (SSSR count). The van der Waals surface area contributed by atoms with E-state index in [1.165, 1.54) is 6.07 Å². The first kappa shape index (κ1) is 10.1. The number of benzene rings is 1. The molecule has 70 valence electrons. The monoisotopic (exact) mass is 370 g/mol. The molecule has 0 N–H and O–H groups in total. The highest BCUT2D eigenvalue weighted by Crippen LogP contribution is 2.62. The van der Waals surface area contributed by atoms with Gasteiger partial charge in [-0.25, -0.2) is 4.39 Å². The van der Waals surface area contributed by atoms with Crippen LogP contribution in [-0.2, 0) is 0 Å². The Kier molecular flexibility index (Phi) is 2.58. The fourth-order valence-electron chi connectivity index (χ4n) is 1.33. The Labute approximate surface area is 101 Å². The molecule has 1 atom stereocenters. The van der Waals surface area contributed by atoms with Gasteiger partial charge < -0.3 is 0 Å². The quantitative estimate of drug-likeness (QED) is 0.634. The lowest BCUT2D eigenvalue weighted by Crippen LogP contribution is -1.92. The summed E-state index contributed by atoms with van der Waals surface area (Å²) in [7, 11) is 0. The Morgan fingerprint density at radius 1 is 1.38 bits per heavy atom. The first-order chi connectivity index (χ1) is 6.00. The molecular formula is C9H6Br3F. The topological polar surface area (TPSA) is 0 Å². The van der Waals surface area contributed by atoms with Gasteiger partial charge in [0, 0.05) is 10.4 Å². The van der Waals surface area contributed by atoms with E-state index >= 15 is 0 Å². The average molecular weight is 373 g/mol. The highest BCUT2D eigenvalue weighted by atomic mass is 79.9. The summed E-state index contributed by atoms with van der Waals surface area (Å²) in [6.07, 6.45) is 0.931. The van der Waals surface area contributed by atoms with Crippen LogP contribution in [-0.4, -0.2) is 3.23 Å². The van der Waals surface area contributed by atoms with Gasteiger partial charge >= 0.3 is 0 Å². The van der Waals surface area contributed by atoms with E-state index < -0.39 is 0 Å². The minimum atomic E-state index is -0.131. The summed E-state index contributed by atoms with van der Waals surface area (Å²) in [4.78, 5) is 0. The van der Waals surface area contributed by atoms with E-state index in [0.29, 0.717) is 0 Å². The Balaban J connectivity index is 2.36. The molecule has 0 aliphatic heterocycles. The van der Waals surface area contributed by atoms with E-state index in [1.54, 1.807) is 6.07 Å². The zero-order chi connectivity index (χ0) is 9.64. The summed E-state index contributed by atoms with van der Waals surface area (Å²) in [6.45, 7) is 0. The van der Waals surface area contributed by atoms with Crippen LogP contribution in [0.2, 0.25) is 0 Å². The van der Waals surface area contributed by atoms with Gasteiger partial charge in [0.15, 0.2) is 0 Å². The van der Waals surface area contributed by atoms with Gasteiger partial charge in [-0.05, 0) is 30.2 Å². The van der Waals surface area contributed by atoms with Gasteiger partial charge in [-0.2, -0.15) is 0 Å². The molecule has 0 radical (unpaired) electrons. The summed E-state index contributed by atoms with van der Waals surface area (Å²) in [5.74, 6) is 0.110. The Morgan fingerprint density at radius 2 is 2.00 bits per heavy atom. The van der Waals surface area contributed by atoms with Crippen LogP contribution in [0.5, 0.6) is 0 Å². The third kappa shape index (κ3) is 2.00. The van der Waals surface area contributed by atoms with Crippen molar-refractivity contribution in [2.45, 2.75) is 15.6 Å². The van der Waals surface area contributed by atoms with Gasteiger partial charge in [-0.15, -0.1) is 0 Å². The van der Waals surface area contributed by atoms with Crippen molar-refractivity contribution in [1.82, 2.24) is 0 Å². The normalized spacial score (nSPS) is 24.5. The molecule has 1 unspecified atom stereocenters. The number of rotatable bonds is 1. The van der Waals surface area contributed by atoms with Crippen LogP contribution in [0.3, 0.4) is 0 Å². The maximum atomic E-state index is 13.3. The zero-order valence-corrected chi connectivity index (χ0v) is 11.3. The maximum absolute atomic E-state index is 13.3. The van der Waals surface area contributed by atoms with Crippen LogP contribution in [0.15, 0.2) is 22.7 Å². The third-order valence-electron chi connectivity index (χ3n) is 2.16. The molecule has 0 nitrogen and oxygen atoms in total. The number of halogens is 4. The molecule has 0 heterocycles. The van der Waals surface area contributed by atoms with E-state index in [-0.39, 0.29) is 15.0 Å². The molecule has 13 heavy (non-hydrogen) atoms. The first-order valence-corrected chi connectivity index (χ1v) is 6.21. The van der Waals surface area contributed by atoms with Crippen LogP contribution in [0, 0.1) is 5.82 Å². The van der Waals surface area contributed by atoms with E-state index in [9.17, 15) is 4.39 Å². The third-order valence-corrected chi connectivity index (χ3v) is 4.41. The Hall–Kier alpha value is 0.590. The molecule has 0 aromatic heterocycles. The van der Waals surface area contributed by atoms with Crippen molar-refractivity contribution in [2.24, 2.45) is 0 Å². The molecule has 0 amide bonds. The molecule has 0 spiro atoms. The minimum absolute atomic E-state index is 0.0817. The second kappa shape index (κ2) is 3.31. The lowest BCUT2D eigenvalue weighted by atomic mass is 10.1. The van der Waals surface area contributed by atoms with Crippen LogP contribution in [0.1, 0.15) is 17.9 Å². The predicted octanol–water partition coefficient (Wildman–Crippen LogP) is 4.56. The molecule has 1 saturated carbocycles. The molecule has 1 aromatic carbocycles. The summed E-state index contributed by atoms with van der Waals surface area (Å²) in [5.41, 5.74) is 0.767. The van der Waals surface area contributed by atoms with Gasteiger partial charge in [-0.1, -0.05) is 47.8 Å². The first-order valence-electron chi connectivity index (χ1n) is 3.83. The van der Waals surface area contributed by atoms with Crippen molar-refractivity contribution in [1.29, 1.82) is 0 Å². The molecule has 4 heteroatoms. The second-order valence-corrected chi connectivity index (χ2v) is 7.99. The van der Waals surface area contributed by atoms with Crippen molar-refractivity contribution in [2.75, 3.05) is 0 Å². The van der Waals surface area contributed by atoms with E-state index in [0.717, 1.165) is 16.5 Å². The van der Waals surface area contributed by atoms with Crippen molar-refractivity contribution >= 4 is 47.8 Å². The molecular weight excluding hydrogens is 367 g/mol. The molecule has 1 aliphatic rings. The maximum Gasteiger partial charge on any atom is 0.126 e. The SMILES string of the molecule is Fc1ccc(Br)cc1C1CC1(Br)Br. The van der Waals surface area contributed by atoms with Crippen molar-refractivity contribution in [3.63, 3.8) is 0 Å². The Morgan fingerprint density at radius 3 is 2.54 bits per heavy atom. The highest BCUT2D eigenvalue weighted by Gasteiger charge is 2.52. The number of hydrogen-bond donors (Lipinski definition) is 0. The van der Waals surface area contributed by atoms with Gasteiger partial charge in [0.05, 0.1) is 3.23 Å². The summed E-state index contributed by atoms with van der Waals surface area (Å²) >= 11 is 10.3. The van der Waals surface area contributed by atoms with Crippen LogP contribution < -0.4 is 0 Å². The van der Waals surface area contributed by atoms with Crippen molar-refractivity contribution in [3.05, 3.63) is 34.1 Å². The predicted molar refractivity (Wildman–Crippen MR) is 62.0 cm³/mol. The molecule has 1 fully saturated rings. The van der Waals surface area contributed by atoms with Crippen molar-refractivity contribution in [3.8, 4) is 0 Å². The standard InChI is InChI=1S/C9H6Br3F/c10-5-1-2-8(13)6(3-5)7-4-9(7,11)12/h1-3,7H,4H2. The van der Waals surface area contributed by atoms with E-state index in [4.69, 9.17) is 0 Å². The summed E-state index contributed by atoms with van der Waals surface area (Å²) in [6, 6.07) is 5.05. The molecule has 0 bridgehead atoms. The Bertz CT molecular complexity index is 349. The minimum Gasteiger partial charge on any atom is -0.207 e. The van der Waals surface area contributed by atoms with Crippen LogP contribution in [0.25, 0.3) is 0 Å². The zero-order valence-electron chi connectivity index (χ0n) is 6.53. The lowest BCUT2D eigenvalue weighted by molar-refractivity contribution is 0.610. The molecule has 0 saturated heterocycles. The van der Waals surface area contributed by atoms with Crippen molar-refractivity contribution < 1.29 is 4.39 Å². The van der Waals surface area contributed by atoms with Gasteiger partial charge in [0.1, 0.15) is 5.82 Å². The molecule has 1 aromatic rings. The number of hydrogen-bond acceptors (Lipinski definition) is 0. The van der Waals surface area contributed by atoms with Gasteiger partial charge in [0.2, 0.25) is 0 Å². The average Bonchev–Trinajstić information content (AvgIpc) is 2.65. The van der Waals surface area contributed by atoms with Gasteiger partial charge in [0.25, 0.3) is 0 Å². The largest absolute Gasteiger partial charge is 0.207 e. The van der Waals surface area contributed by atoms with E-state index in [1.807, 2.05) is 6.07 Å². The second-order valence-electron chi connectivity index (χ2n) is 3.18. The fraction of sp³-hybridized carbons (Fsp3) is 0.333. The number of alkyl halides is 2. The van der Waals surface area contributed by atoms with Gasteiger partial charge in [-0.3, -0.25) is 0 Å². The fourth-order valence-corrected chi connectivity index (χ4v) is 2.85. The van der Waals surface area contributed by atoms with Crippen LogP contribution in [0.4, 0.5) is 4.39 Å². The van der Waals surface area contributed by atoms with E-state index in [2.05, 4.69) is 47.8 Å². The summed E-state index contributed by atoms with van der Waals surface area (Å²) < 4.78 is 14.2. The summed E-state index contributed by atoms with van der Waals surface area (Å²) in [5, 5.41) is 0. The lowest BCUT2D eigenvalue weighted by Gasteiger charge is -2.03.